The van der Waals surface area contributed by atoms with E-state index in [9.17, 15) is 17.6 Å². The van der Waals surface area contributed by atoms with Crippen LogP contribution in [0.3, 0.4) is 0 Å². The molecule has 0 saturated carbocycles. The van der Waals surface area contributed by atoms with Crippen molar-refractivity contribution >= 4 is 22.0 Å². The predicted octanol–water partition coefficient (Wildman–Crippen LogP) is 1.00. The molecule has 0 bridgehead atoms. The molecule has 0 aliphatic rings. The molecule has 124 valence electrons. The van der Waals surface area contributed by atoms with Crippen LogP contribution < -0.4 is 11.5 Å². The minimum atomic E-state index is -3.67. The highest BCUT2D eigenvalue weighted by atomic mass is 32.2. The third-order valence-electron chi connectivity index (χ3n) is 2.19. The maximum atomic E-state index is 13.5. The SMILES string of the molecule is CS(=O)(=O)O.NC(N)=NC(=O)c1ccc(-c2ccccc2F)o1. The Balaban J connectivity index is 0.000000463. The van der Waals surface area contributed by atoms with Gasteiger partial charge in [0.25, 0.3) is 10.1 Å². The first-order chi connectivity index (χ1) is 10.6. The van der Waals surface area contributed by atoms with E-state index in [4.69, 9.17) is 20.4 Å². The van der Waals surface area contributed by atoms with Gasteiger partial charge < -0.3 is 15.9 Å². The molecule has 2 aromatic rings. The van der Waals surface area contributed by atoms with Crippen LogP contribution in [-0.2, 0) is 10.1 Å². The Morgan fingerprint density at radius 1 is 1.22 bits per heavy atom. The number of hydrogen-bond donors (Lipinski definition) is 3. The number of carbonyl (C=O) groups is 1. The molecule has 0 fully saturated rings. The summed E-state index contributed by atoms with van der Waals surface area (Å²) in [6.07, 6.45) is 0.715. The van der Waals surface area contributed by atoms with Gasteiger partial charge in [-0.2, -0.15) is 13.4 Å². The number of carbonyl (C=O) groups excluding carboxylic acids is 1. The molecule has 5 N–H and O–H groups in total. The monoisotopic (exact) mass is 343 g/mol. The second kappa shape index (κ2) is 7.51. The lowest BCUT2D eigenvalue weighted by Crippen LogP contribution is -2.24. The molecule has 0 aliphatic heterocycles. The Morgan fingerprint density at radius 2 is 1.78 bits per heavy atom. The maximum Gasteiger partial charge on any atom is 0.315 e. The van der Waals surface area contributed by atoms with Gasteiger partial charge in [0.1, 0.15) is 11.6 Å². The number of rotatable bonds is 2. The summed E-state index contributed by atoms with van der Waals surface area (Å²) in [6, 6.07) is 8.94. The smallest absolute Gasteiger partial charge is 0.315 e. The summed E-state index contributed by atoms with van der Waals surface area (Å²) in [5.74, 6) is -1.32. The van der Waals surface area contributed by atoms with Crippen molar-refractivity contribution in [2.45, 2.75) is 0 Å². The van der Waals surface area contributed by atoms with Crippen LogP contribution in [0.1, 0.15) is 10.6 Å². The van der Waals surface area contributed by atoms with E-state index in [0.717, 1.165) is 0 Å². The van der Waals surface area contributed by atoms with Crippen LogP contribution in [0.5, 0.6) is 0 Å². The lowest BCUT2D eigenvalue weighted by Gasteiger charge is -1.97. The van der Waals surface area contributed by atoms with Crippen LogP contribution in [0.15, 0.2) is 45.8 Å². The first-order valence-corrected chi connectivity index (χ1v) is 7.84. The average Bonchev–Trinajstić information content (AvgIpc) is 2.86. The number of benzene rings is 1. The Morgan fingerprint density at radius 3 is 2.30 bits per heavy atom. The summed E-state index contributed by atoms with van der Waals surface area (Å²) in [5, 5.41) is 0. The molecular weight excluding hydrogens is 329 g/mol. The number of nitrogens with zero attached hydrogens (tertiary/aromatic N) is 1. The first kappa shape index (κ1) is 18.3. The average molecular weight is 343 g/mol. The van der Waals surface area contributed by atoms with Crippen molar-refractivity contribution in [2.24, 2.45) is 16.5 Å². The normalized spacial score (nSPS) is 10.4. The highest BCUT2D eigenvalue weighted by Gasteiger charge is 2.13. The second-order valence-corrected chi connectivity index (χ2v) is 5.68. The van der Waals surface area contributed by atoms with Crippen molar-refractivity contribution in [3.05, 3.63) is 48.0 Å². The fourth-order valence-electron chi connectivity index (χ4n) is 1.43. The van der Waals surface area contributed by atoms with E-state index < -0.39 is 21.8 Å². The van der Waals surface area contributed by atoms with E-state index in [1.807, 2.05) is 0 Å². The van der Waals surface area contributed by atoms with Gasteiger partial charge >= 0.3 is 5.91 Å². The summed E-state index contributed by atoms with van der Waals surface area (Å²) in [4.78, 5) is 14.8. The van der Waals surface area contributed by atoms with Crippen LogP contribution in [0.4, 0.5) is 4.39 Å². The fraction of sp³-hybridized carbons (Fsp3) is 0.0769. The lowest BCUT2D eigenvalue weighted by molar-refractivity contribution is 0.0977. The highest BCUT2D eigenvalue weighted by Crippen LogP contribution is 2.24. The van der Waals surface area contributed by atoms with Gasteiger partial charge in [-0.3, -0.25) is 9.35 Å². The molecule has 1 amide bonds. The van der Waals surface area contributed by atoms with Gasteiger partial charge in [-0.25, -0.2) is 4.39 Å². The van der Waals surface area contributed by atoms with E-state index in [2.05, 4.69) is 4.99 Å². The third-order valence-corrected chi connectivity index (χ3v) is 2.19. The molecule has 0 atom stereocenters. The van der Waals surface area contributed by atoms with Crippen molar-refractivity contribution < 1.29 is 26.6 Å². The molecule has 8 nitrogen and oxygen atoms in total. The molecule has 1 aromatic heterocycles. The summed E-state index contributed by atoms with van der Waals surface area (Å²) in [5.41, 5.74) is 10.4. The first-order valence-electron chi connectivity index (χ1n) is 5.99. The van der Waals surface area contributed by atoms with Crippen LogP contribution in [0.25, 0.3) is 11.3 Å². The van der Waals surface area contributed by atoms with E-state index >= 15 is 0 Å². The number of nitrogens with two attached hydrogens (primary N) is 2. The molecular formula is C13H14FN3O5S. The molecule has 2 rings (SSSR count). The van der Waals surface area contributed by atoms with Crippen LogP contribution in [-0.4, -0.2) is 31.1 Å². The lowest BCUT2D eigenvalue weighted by atomic mass is 10.1. The van der Waals surface area contributed by atoms with Gasteiger partial charge in [-0.1, -0.05) is 12.1 Å². The molecule has 0 aliphatic carbocycles. The number of guanidine groups is 1. The summed E-state index contributed by atoms with van der Waals surface area (Å²) in [6.45, 7) is 0. The van der Waals surface area contributed by atoms with Gasteiger partial charge in [-0.15, -0.1) is 0 Å². The van der Waals surface area contributed by atoms with Gasteiger partial charge in [-0.05, 0) is 24.3 Å². The second-order valence-electron chi connectivity index (χ2n) is 4.22. The van der Waals surface area contributed by atoms with Gasteiger partial charge in [0.05, 0.1) is 11.8 Å². The molecule has 23 heavy (non-hydrogen) atoms. The molecule has 0 saturated heterocycles. The standard InChI is InChI=1S/C12H10FN3O2.CH4O3S/c13-8-4-2-1-3-7(8)9-5-6-10(18-9)11(17)16-12(14)15;1-5(2,3)4/h1-6H,(H4,14,15,16,17);1H3,(H,2,3,4). The zero-order chi connectivity index (χ0) is 17.6. The van der Waals surface area contributed by atoms with E-state index in [0.29, 0.717) is 6.26 Å². The van der Waals surface area contributed by atoms with E-state index in [1.54, 1.807) is 18.2 Å². The van der Waals surface area contributed by atoms with Crippen molar-refractivity contribution in [1.29, 1.82) is 0 Å². The van der Waals surface area contributed by atoms with Gasteiger partial charge in [0.2, 0.25) is 0 Å². The quantitative estimate of drug-likeness (QED) is 0.418. The molecule has 0 spiro atoms. The molecule has 1 aromatic carbocycles. The zero-order valence-corrected chi connectivity index (χ0v) is 12.7. The minimum absolute atomic E-state index is 0.0540. The number of amides is 1. The van der Waals surface area contributed by atoms with Crippen molar-refractivity contribution in [2.75, 3.05) is 6.26 Å². The molecule has 0 radical (unpaired) electrons. The number of furan rings is 1. The zero-order valence-electron chi connectivity index (χ0n) is 11.9. The fourth-order valence-corrected chi connectivity index (χ4v) is 1.43. The largest absolute Gasteiger partial charge is 0.451 e. The topological polar surface area (TPSA) is 149 Å². The minimum Gasteiger partial charge on any atom is -0.451 e. The van der Waals surface area contributed by atoms with Crippen molar-refractivity contribution in [1.82, 2.24) is 0 Å². The summed E-state index contributed by atoms with van der Waals surface area (Å²) < 4.78 is 44.6. The molecule has 1 heterocycles. The van der Waals surface area contributed by atoms with Crippen molar-refractivity contribution in [3.63, 3.8) is 0 Å². The summed E-state index contributed by atoms with van der Waals surface area (Å²) in [7, 11) is -3.67. The predicted molar refractivity (Wildman–Crippen MR) is 81.7 cm³/mol. The van der Waals surface area contributed by atoms with Crippen LogP contribution in [0, 0.1) is 5.82 Å². The Bertz CT molecular complexity index is 818. The van der Waals surface area contributed by atoms with Gasteiger partial charge in [0, 0.05) is 0 Å². The number of aliphatic imine (C=N–C) groups is 1. The Kier molecular flexibility index (Phi) is 5.99. The Hall–Kier alpha value is -2.72. The van der Waals surface area contributed by atoms with E-state index in [-0.39, 0.29) is 23.0 Å². The third kappa shape index (κ3) is 6.72. The number of halogens is 1. The van der Waals surface area contributed by atoms with Crippen molar-refractivity contribution in [3.8, 4) is 11.3 Å². The molecule has 10 heteroatoms. The summed E-state index contributed by atoms with van der Waals surface area (Å²) >= 11 is 0. The van der Waals surface area contributed by atoms with E-state index in [1.165, 1.54) is 18.2 Å². The number of hydrogen-bond acceptors (Lipinski definition) is 4. The maximum absolute atomic E-state index is 13.5. The highest BCUT2D eigenvalue weighted by molar-refractivity contribution is 7.85. The van der Waals surface area contributed by atoms with Crippen LogP contribution >= 0.6 is 0 Å². The van der Waals surface area contributed by atoms with Gasteiger partial charge in [0.15, 0.2) is 11.7 Å². The van der Waals surface area contributed by atoms with Crippen LogP contribution in [0.2, 0.25) is 0 Å². The molecule has 0 unspecified atom stereocenters. The Labute approximate surface area is 131 Å².